The van der Waals surface area contributed by atoms with Gasteiger partial charge in [0.15, 0.2) is 5.25 Å². The molecule has 1 aromatic carbocycles. The topological polar surface area (TPSA) is 86.7 Å². The summed E-state index contributed by atoms with van der Waals surface area (Å²) in [4.78, 5) is 12.5. The van der Waals surface area contributed by atoms with Crippen LogP contribution in [0.5, 0.6) is 0 Å². The molecular weight excluding hydrogens is 292 g/mol. The largest absolute Gasteiger partial charge is 0.480 e. The minimum absolute atomic E-state index is 0.241. The molecule has 1 rings (SSSR count). The van der Waals surface area contributed by atoms with Crippen LogP contribution in [0.15, 0.2) is 18.2 Å². The van der Waals surface area contributed by atoms with Crippen molar-refractivity contribution in [1.29, 1.82) is 0 Å². The number of halogens is 1. The van der Waals surface area contributed by atoms with Crippen LogP contribution in [-0.4, -0.2) is 38.8 Å². The van der Waals surface area contributed by atoms with Crippen molar-refractivity contribution < 1.29 is 18.3 Å². The maximum atomic E-state index is 11.9. The van der Waals surface area contributed by atoms with Crippen LogP contribution in [-0.2, 0) is 14.8 Å². The second-order valence-corrected chi connectivity index (χ2v) is 6.62. The lowest BCUT2D eigenvalue weighted by Gasteiger charge is -2.19. The Morgan fingerprint density at radius 2 is 2.00 bits per heavy atom. The summed E-state index contributed by atoms with van der Waals surface area (Å²) in [6.45, 7) is 1.10. The van der Waals surface area contributed by atoms with Gasteiger partial charge in [-0.05, 0) is 25.1 Å². The lowest BCUT2D eigenvalue weighted by atomic mass is 10.2. The highest BCUT2D eigenvalue weighted by Gasteiger charge is 2.28. The molecule has 0 heterocycles. The maximum absolute atomic E-state index is 11.9. The minimum Gasteiger partial charge on any atom is -0.480 e. The van der Waals surface area contributed by atoms with Crippen molar-refractivity contribution in [2.45, 2.75) is 12.2 Å². The fraction of sp³-hybridized carbons (Fsp3) is 0.364. The second kappa shape index (κ2) is 5.66. The highest BCUT2D eigenvalue weighted by molar-refractivity contribution is 7.94. The Kier molecular flexibility index (Phi) is 4.65. The summed E-state index contributed by atoms with van der Waals surface area (Å²) < 4.78 is 26.0. The molecule has 0 aliphatic heterocycles. The zero-order valence-corrected chi connectivity index (χ0v) is 12.3. The smallest absolute Gasteiger partial charge is 0.323 e. The third-order valence-electron chi connectivity index (χ3n) is 2.51. The van der Waals surface area contributed by atoms with Gasteiger partial charge in [-0.15, -0.1) is 0 Å². The fourth-order valence-electron chi connectivity index (χ4n) is 1.35. The Bertz CT molecular complexity index is 586. The Hall–Kier alpha value is -1.47. The van der Waals surface area contributed by atoms with Crippen molar-refractivity contribution in [3.8, 4) is 0 Å². The lowest BCUT2D eigenvalue weighted by Crippen LogP contribution is -2.32. The van der Waals surface area contributed by atoms with E-state index >= 15 is 0 Å². The predicted octanol–water partition coefficient (Wildman–Crippen LogP) is 1.62. The molecule has 0 aromatic heterocycles. The molecule has 1 atom stereocenters. The number of anilines is 2. The van der Waals surface area contributed by atoms with E-state index in [1.54, 1.807) is 31.1 Å². The number of carboxylic acids is 1. The molecule has 0 bridgehead atoms. The van der Waals surface area contributed by atoms with Crippen LogP contribution in [0, 0.1) is 0 Å². The van der Waals surface area contributed by atoms with E-state index in [1.165, 1.54) is 6.07 Å². The summed E-state index contributed by atoms with van der Waals surface area (Å²) in [5.41, 5.74) is 0.830. The first-order chi connectivity index (χ1) is 8.65. The number of sulfonamides is 1. The molecule has 2 N–H and O–H groups in total. The summed E-state index contributed by atoms with van der Waals surface area (Å²) in [5.74, 6) is -1.42. The third-order valence-corrected chi connectivity index (χ3v) is 4.38. The van der Waals surface area contributed by atoms with E-state index in [0.717, 1.165) is 6.92 Å². The quantitative estimate of drug-likeness (QED) is 0.863. The standard InChI is InChI=1S/C11H15ClN2O4S/c1-7(11(15)16)19(17,18)13-9-6-8(12)4-5-10(9)14(2)3/h4-7,13H,1-3H3,(H,15,16). The predicted molar refractivity (Wildman–Crippen MR) is 75.4 cm³/mol. The Morgan fingerprint density at radius 3 is 2.47 bits per heavy atom. The number of nitrogens with one attached hydrogen (secondary N) is 1. The number of rotatable bonds is 5. The van der Waals surface area contributed by atoms with Crippen LogP contribution in [0.25, 0.3) is 0 Å². The highest BCUT2D eigenvalue weighted by atomic mass is 35.5. The van der Waals surface area contributed by atoms with Gasteiger partial charge in [-0.25, -0.2) is 8.42 Å². The van der Waals surface area contributed by atoms with Crippen LogP contribution >= 0.6 is 11.6 Å². The lowest BCUT2D eigenvalue weighted by molar-refractivity contribution is -0.136. The third kappa shape index (κ3) is 3.74. The first kappa shape index (κ1) is 15.6. The summed E-state index contributed by atoms with van der Waals surface area (Å²) in [6, 6.07) is 4.70. The molecule has 1 unspecified atom stereocenters. The number of carboxylic acid groups (broad SMARTS) is 1. The van der Waals surface area contributed by atoms with Crippen LogP contribution in [0.2, 0.25) is 5.02 Å². The summed E-state index contributed by atoms with van der Waals surface area (Å²) in [5, 5.41) is 7.57. The first-order valence-corrected chi connectivity index (χ1v) is 7.29. The van der Waals surface area contributed by atoms with Crippen LogP contribution in [0.4, 0.5) is 11.4 Å². The molecule has 0 aliphatic rings. The normalized spacial score (nSPS) is 12.8. The molecule has 0 spiro atoms. The number of nitrogens with zero attached hydrogens (tertiary/aromatic N) is 1. The zero-order valence-electron chi connectivity index (χ0n) is 10.7. The monoisotopic (exact) mass is 306 g/mol. The second-order valence-electron chi connectivity index (χ2n) is 4.18. The Labute approximate surface area is 117 Å². The van der Waals surface area contributed by atoms with Gasteiger partial charge in [-0.1, -0.05) is 11.6 Å². The van der Waals surface area contributed by atoms with E-state index in [0.29, 0.717) is 10.7 Å². The van der Waals surface area contributed by atoms with Crippen molar-refractivity contribution in [1.82, 2.24) is 0 Å². The van der Waals surface area contributed by atoms with E-state index in [-0.39, 0.29) is 5.69 Å². The summed E-state index contributed by atoms with van der Waals surface area (Å²) in [7, 11) is -0.545. The number of carbonyl (C=O) groups is 1. The van der Waals surface area contributed by atoms with Gasteiger partial charge in [0.05, 0.1) is 11.4 Å². The van der Waals surface area contributed by atoms with Crippen molar-refractivity contribution >= 4 is 39.0 Å². The van der Waals surface area contributed by atoms with E-state index in [9.17, 15) is 13.2 Å². The van der Waals surface area contributed by atoms with E-state index in [4.69, 9.17) is 16.7 Å². The van der Waals surface area contributed by atoms with Gasteiger partial charge in [-0.2, -0.15) is 0 Å². The van der Waals surface area contributed by atoms with Gasteiger partial charge >= 0.3 is 5.97 Å². The van der Waals surface area contributed by atoms with Crippen LogP contribution in [0.3, 0.4) is 0 Å². The zero-order chi connectivity index (χ0) is 14.8. The van der Waals surface area contributed by atoms with Gasteiger partial charge in [0.25, 0.3) is 0 Å². The van der Waals surface area contributed by atoms with Gasteiger partial charge in [-0.3, -0.25) is 9.52 Å². The van der Waals surface area contributed by atoms with Crippen LogP contribution < -0.4 is 9.62 Å². The SMILES string of the molecule is CC(C(=O)O)S(=O)(=O)Nc1cc(Cl)ccc1N(C)C. The number of hydrogen-bond acceptors (Lipinski definition) is 4. The van der Waals surface area contributed by atoms with Crippen LogP contribution in [0.1, 0.15) is 6.92 Å². The van der Waals surface area contributed by atoms with Crippen molar-refractivity contribution in [3.63, 3.8) is 0 Å². The molecular formula is C11H15ClN2O4S. The van der Waals surface area contributed by atoms with E-state index in [2.05, 4.69) is 4.72 Å². The average Bonchev–Trinajstić information content (AvgIpc) is 2.26. The minimum atomic E-state index is -4.02. The Morgan fingerprint density at radius 1 is 1.42 bits per heavy atom. The van der Waals surface area contributed by atoms with Gasteiger partial charge in [0, 0.05) is 19.1 Å². The Balaban J connectivity index is 3.18. The van der Waals surface area contributed by atoms with Gasteiger partial charge < -0.3 is 10.0 Å². The van der Waals surface area contributed by atoms with Gasteiger partial charge in [0.2, 0.25) is 10.0 Å². The molecule has 0 radical (unpaired) electrons. The maximum Gasteiger partial charge on any atom is 0.323 e. The van der Waals surface area contributed by atoms with Crippen molar-refractivity contribution in [2.24, 2.45) is 0 Å². The van der Waals surface area contributed by atoms with Crippen molar-refractivity contribution in [3.05, 3.63) is 23.2 Å². The number of benzene rings is 1. The number of aliphatic carboxylic acids is 1. The van der Waals surface area contributed by atoms with Crippen molar-refractivity contribution in [2.75, 3.05) is 23.7 Å². The molecule has 0 saturated carbocycles. The van der Waals surface area contributed by atoms with E-state index in [1.807, 2.05) is 0 Å². The molecule has 6 nitrogen and oxygen atoms in total. The van der Waals surface area contributed by atoms with Gasteiger partial charge in [0.1, 0.15) is 0 Å². The molecule has 106 valence electrons. The molecule has 19 heavy (non-hydrogen) atoms. The highest BCUT2D eigenvalue weighted by Crippen LogP contribution is 2.29. The molecule has 0 fully saturated rings. The number of hydrogen-bond donors (Lipinski definition) is 2. The molecule has 0 amide bonds. The van der Waals surface area contributed by atoms with E-state index < -0.39 is 21.2 Å². The first-order valence-electron chi connectivity index (χ1n) is 5.36. The summed E-state index contributed by atoms with van der Waals surface area (Å²) in [6.07, 6.45) is 0. The molecule has 8 heteroatoms. The fourth-order valence-corrected chi connectivity index (χ4v) is 2.44. The molecule has 1 aromatic rings. The summed E-state index contributed by atoms with van der Waals surface area (Å²) >= 11 is 5.82. The average molecular weight is 307 g/mol. The molecule has 0 saturated heterocycles. The molecule has 0 aliphatic carbocycles.